The average molecular weight is 499 g/mol. The number of sulfone groups is 1. The van der Waals surface area contributed by atoms with Crippen LogP contribution in [0.1, 0.15) is 75.0 Å². The van der Waals surface area contributed by atoms with Crippen LogP contribution in [0.5, 0.6) is 5.75 Å². The monoisotopic (exact) mass is 498 g/mol. The number of nitrogens with zero attached hydrogens (tertiary/aromatic N) is 1. The molecule has 0 heterocycles. The molecular formula is C27H34N2O5S. The molecule has 35 heavy (non-hydrogen) atoms. The van der Waals surface area contributed by atoms with Gasteiger partial charge in [-0.25, -0.2) is 8.42 Å². The van der Waals surface area contributed by atoms with Crippen LogP contribution >= 0.6 is 0 Å². The second-order valence-corrected chi connectivity index (χ2v) is 12.4. The lowest BCUT2D eigenvalue weighted by Gasteiger charge is -2.28. The highest BCUT2D eigenvalue weighted by atomic mass is 32.2. The van der Waals surface area contributed by atoms with Crippen LogP contribution in [0.15, 0.2) is 46.2 Å². The van der Waals surface area contributed by atoms with E-state index in [-0.39, 0.29) is 40.7 Å². The minimum Gasteiger partial charge on any atom is -0.507 e. The molecule has 0 atom stereocenters. The van der Waals surface area contributed by atoms with E-state index < -0.39 is 26.6 Å². The van der Waals surface area contributed by atoms with Gasteiger partial charge in [0.15, 0.2) is 0 Å². The third-order valence-corrected chi connectivity index (χ3v) is 7.34. The van der Waals surface area contributed by atoms with Crippen molar-refractivity contribution in [3.8, 4) is 11.8 Å². The van der Waals surface area contributed by atoms with Gasteiger partial charge in [0.2, 0.25) is 9.84 Å². The van der Waals surface area contributed by atoms with E-state index in [1.54, 1.807) is 12.1 Å². The van der Waals surface area contributed by atoms with Crippen molar-refractivity contribution in [2.75, 3.05) is 13.2 Å². The van der Waals surface area contributed by atoms with Gasteiger partial charge < -0.3 is 15.5 Å². The molecule has 0 unspecified atom stereocenters. The minimum absolute atomic E-state index is 0.0384. The van der Waals surface area contributed by atoms with Crippen LogP contribution in [0.4, 0.5) is 0 Å². The van der Waals surface area contributed by atoms with E-state index in [0.29, 0.717) is 16.7 Å². The molecular weight excluding hydrogens is 464 g/mol. The fraction of sp³-hybridized carbons (Fsp3) is 0.407. The van der Waals surface area contributed by atoms with Crippen LogP contribution in [0.2, 0.25) is 0 Å². The van der Waals surface area contributed by atoms with Gasteiger partial charge in [0.1, 0.15) is 5.75 Å². The second-order valence-electron chi connectivity index (χ2n) is 10.4. The van der Waals surface area contributed by atoms with Gasteiger partial charge >= 0.3 is 0 Å². The third-order valence-electron chi connectivity index (χ3n) is 5.50. The highest BCUT2D eigenvalue weighted by Gasteiger charge is 2.27. The molecule has 188 valence electrons. The van der Waals surface area contributed by atoms with Gasteiger partial charge in [-0.2, -0.15) is 5.26 Å². The van der Waals surface area contributed by atoms with E-state index in [1.165, 1.54) is 30.3 Å². The molecule has 7 nitrogen and oxygen atoms in total. The van der Waals surface area contributed by atoms with Gasteiger partial charge in [-0.15, -0.1) is 0 Å². The summed E-state index contributed by atoms with van der Waals surface area (Å²) < 4.78 is 26.8. The van der Waals surface area contributed by atoms with Crippen molar-refractivity contribution in [3.05, 3.63) is 63.6 Å². The number of hydrogen-bond donors (Lipinski definition) is 3. The first-order chi connectivity index (χ1) is 16.1. The summed E-state index contributed by atoms with van der Waals surface area (Å²) in [6, 6.07) is 10.9. The Kier molecular flexibility index (Phi) is 8.53. The Morgan fingerprint density at radius 1 is 1.03 bits per heavy atom. The summed E-state index contributed by atoms with van der Waals surface area (Å²) in [6.07, 6.45) is 1.14. The van der Waals surface area contributed by atoms with Crippen molar-refractivity contribution in [3.63, 3.8) is 0 Å². The average Bonchev–Trinajstić information content (AvgIpc) is 2.76. The zero-order valence-corrected chi connectivity index (χ0v) is 22.0. The van der Waals surface area contributed by atoms with E-state index in [4.69, 9.17) is 5.11 Å². The number of amides is 1. The summed E-state index contributed by atoms with van der Waals surface area (Å²) in [5, 5.41) is 31.7. The zero-order valence-electron chi connectivity index (χ0n) is 21.1. The maximum absolute atomic E-state index is 13.4. The van der Waals surface area contributed by atoms with Crippen LogP contribution < -0.4 is 5.32 Å². The largest absolute Gasteiger partial charge is 0.507 e. The number of allylic oxidation sites excluding steroid dienone is 1. The molecule has 0 aliphatic rings. The van der Waals surface area contributed by atoms with Crippen molar-refractivity contribution >= 4 is 21.8 Å². The highest BCUT2D eigenvalue weighted by Crippen LogP contribution is 2.40. The normalized spacial score (nSPS) is 12.8. The lowest BCUT2D eigenvalue weighted by molar-refractivity contribution is 0.0944. The van der Waals surface area contributed by atoms with Crippen LogP contribution in [0.3, 0.4) is 0 Å². The summed E-state index contributed by atoms with van der Waals surface area (Å²) in [5.74, 6) is -0.244. The van der Waals surface area contributed by atoms with Crippen molar-refractivity contribution in [1.29, 1.82) is 5.26 Å². The molecule has 0 aliphatic heterocycles. The molecule has 0 aliphatic carbocycles. The van der Waals surface area contributed by atoms with E-state index in [0.717, 1.165) is 0 Å². The number of benzene rings is 2. The molecule has 1 amide bonds. The first kappa shape index (κ1) is 28.1. The van der Waals surface area contributed by atoms with Crippen LogP contribution in [-0.4, -0.2) is 37.7 Å². The Balaban J connectivity index is 2.62. The Bertz CT molecular complexity index is 1220. The maximum atomic E-state index is 13.4. The molecule has 3 N–H and O–H groups in total. The number of aromatic hydroxyl groups is 1. The predicted molar refractivity (Wildman–Crippen MR) is 137 cm³/mol. The minimum atomic E-state index is -4.02. The number of aliphatic hydroxyl groups is 1. The van der Waals surface area contributed by atoms with Gasteiger partial charge in [-0.1, -0.05) is 41.5 Å². The summed E-state index contributed by atoms with van der Waals surface area (Å²) >= 11 is 0. The quantitative estimate of drug-likeness (QED) is 0.518. The Morgan fingerprint density at radius 2 is 1.54 bits per heavy atom. The van der Waals surface area contributed by atoms with Crippen molar-refractivity contribution in [2.45, 2.75) is 63.7 Å². The fourth-order valence-electron chi connectivity index (χ4n) is 3.58. The lowest BCUT2D eigenvalue weighted by Crippen LogP contribution is -2.26. The summed E-state index contributed by atoms with van der Waals surface area (Å²) in [4.78, 5) is 11.9. The van der Waals surface area contributed by atoms with Gasteiger partial charge in [0, 0.05) is 23.2 Å². The molecule has 0 bridgehead atoms. The third kappa shape index (κ3) is 6.71. The first-order valence-electron chi connectivity index (χ1n) is 11.3. The van der Waals surface area contributed by atoms with Gasteiger partial charge in [-0.05, 0) is 58.9 Å². The van der Waals surface area contributed by atoms with Gasteiger partial charge in [-0.3, -0.25) is 4.79 Å². The molecule has 0 saturated carbocycles. The van der Waals surface area contributed by atoms with Crippen molar-refractivity contribution in [1.82, 2.24) is 5.32 Å². The van der Waals surface area contributed by atoms with E-state index in [2.05, 4.69) is 5.32 Å². The first-order valence-corrected chi connectivity index (χ1v) is 12.8. The summed E-state index contributed by atoms with van der Waals surface area (Å²) in [6.45, 7) is 11.7. The highest BCUT2D eigenvalue weighted by molar-refractivity contribution is 7.95. The smallest absolute Gasteiger partial charge is 0.251 e. The molecule has 2 aromatic carbocycles. The van der Waals surface area contributed by atoms with Gasteiger partial charge in [0.25, 0.3) is 5.91 Å². The number of phenols is 1. The van der Waals surface area contributed by atoms with Crippen molar-refractivity contribution in [2.24, 2.45) is 0 Å². The molecule has 2 rings (SSSR count). The standard InChI is InChI=1S/C27H34N2O5S/c1-26(2,3)22-16-18(17-23(24(22)31)27(4,5)6)15-21(11-12-28)35(33,34)20-9-7-19(8-10-20)25(32)29-13-14-30/h7-10,15-17,30-31H,11,13-14H2,1-6H3,(H,29,32). The van der Waals surface area contributed by atoms with E-state index in [9.17, 15) is 23.6 Å². The lowest BCUT2D eigenvalue weighted by atomic mass is 9.78. The molecule has 0 radical (unpaired) electrons. The summed E-state index contributed by atoms with van der Waals surface area (Å²) in [7, 11) is -4.02. The number of hydrogen-bond acceptors (Lipinski definition) is 6. The van der Waals surface area contributed by atoms with Crippen LogP contribution in [-0.2, 0) is 20.7 Å². The molecule has 0 saturated heterocycles. The molecule has 8 heteroatoms. The molecule has 2 aromatic rings. The molecule has 0 spiro atoms. The Hall–Kier alpha value is -3.15. The number of rotatable bonds is 7. The number of nitrogens with one attached hydrogen (secondary N) is 1. The van der Waals surface area contributed by atoms with Crippen LogP contribution in [0, 0.1) is 11.3 Å². The van der Waals surface area contributed by atoms with Gasteiger partial charge in [0.05, 0.1) is 28.9 Å². The number of nitriles is 1. The molecule has 0 aromatic heterocycles. The SMILES string of the molecule is CC(C)(C)c1cc(C=C(CC#N)S(=O)(=O)c2ccc(C(=O)NCCO)cc2)cc(C(C)(C)C)c1O. The number of carbonyl (C=O) groups is 1. The predicted octanol–water partition coefficient (Wildman–Crippen LogP) is 4.44. The number of phenolic OH excluding ortho intramolecular Hbond substituents is 1. The number of carbonyl (C=O) groups excluding carboxylic acids is 1. The zero-order chi connectivity index (χ0) is 26.6. The van der Waals surface area contributed by atoms with E-state index >= 15 is 0 Å². The Labute approximate surface area is 208 Å². The second kappa shape index (κ2) is 10.6. The van der Waals surface area contributed by atoms with Crippen molar-refractivity contribution < 1.29 is 23.4 Å². The summed E-state index contributed by atoms with van der Waals surface area (Å²) in [5.41, 5.74) is 1.41. The molecule has 0 fully saturated rings. The Morgan fingerprint density at radius 3 is 1.97 bits per heavy atom. The topological polar surface area (TPSA) is 127 Å². The maximum Gasteiger partial charge on any atom is 0.251 e. The fourth-order valence-corrected chi connectivity index (χ4v) is 4.92. The van der Waals surface area contributed by atoms with Crippen LogP contribution in [0.25, 0.3) is 6.08 Å². The number of aliphatic hydroxyl groups excluding tert-OH is 1. The van der Waals surface area contributed by atoms with E-state index in [1.807, 2.05) is 47.6 Å².